The molecule has 1 aromatic carbocycles. The fraction of sp³-hybridized carbons (Fsp3) is 0.538. The van der Waals surface area contributed by atoms with Gasteiger partial charge in [0.2, 0.25) is 0 Å². The van der Waals surface area contributed by atoms with Crippen molar-refractivity contribution in [3.63, 3.8) is 0 Å². The molecule has 1 fully saturated rings. The molecule has 1 nitrogen and oxygen atoms in total. The normalized spacial score (nSPS) is 17.8. The van der Waals surface area contributed by atoms with Crippen molar-refractivity contribution < 1.29 is 4.39 Å². The average molecular weight is 207 g/mol. The van der Waals surface area contributed by atoms with Crippen molar-refractivity contribution in [1.29, 1.82) is 0 Å². The highest BCUT2D eigenvalue weighted by atomic mass is 19.1. The summed E-state index contributed by atoms with van der Waals surface area (Å²) in [5, 5.41) is 3.39. The number of rotatable bonds is 4. The van der Waals surface area contributed by atoms with E-state index in [9.17, 15) is 4.39 Å². The van der Waals surface area contributed by atoms with Crippen LogP contribution in [0.15, 0.2) is 18.2 Å². The van der Waals surface area contributed by atoms with Crippen LogP contribution in [-0.4, -0.2) is 6.04 Å². The smallest absolute Gasteiger partial charge is 0.127 e. The van der Waals surface area contributed by atoms with Gasteiger partial charge in [0.1, 0.15) is 5.82 Å². The average Bonchev–Trinajstić information content (AvgIpc) is 3.02. The third-order valence-corrected chi connectivity index (χ3v) is 3.14. The van der Waals surface area contributed by atoms with Crippen LogP contribution < -0.4 is 5.32 Å². The minimum absolute atomic E-state index is 0.101. The van der Waals surface area contributed by atoms with Gasteiger partial charge in [-0.05, 0) is 38.7 Å². The Morgan fingerprint density at radius 3 is 2.87 bits per heavy atom. The Morgan fingerprint density at radius 1 is 1.47 bits per heavy atom. The first-order valence-electron chi connectivity index (χ1n) is 5.65. The summed E-state index contributed by atoms with van der Waals surface area (Å²) < 4.78 is 13.4. The van der Waals surface area contributed by atoms with Gasteiger partial charge in [0.25, 0.3) is 0 Å². The second-order valence-electron chi connectivity index (χ2n) is 4.60. The Balaban J connectivity index is 1.94. The summed E-state index contributed by atoms with van der Waals surface area (Å²) in [5.74, 6) is 0.717. The molecule has 1 aromatic rings. The predicted molar refractivity (Wildman–Crippen MR) is 60.2 cm³/mol. The summed E-state index contributed by atoms with van der Waals surface area (Å²) in [6.07, 6.45) is 2.65. The first-order chi connectivity index (χ1) is 7.16. The van der Waals surface area contributed by atoms with Crippen molar-refractivity contribution in [3.8, 4) is 0 Å². The van der Waals surface area contributed by atoms with Crippen LogP contribution in [-0.2, 0) is 6.54 Å². The number of hydrogen-bond donors (Lipinski definition) is 1. The lowest BCUT2D eigenvalue weighted by molar-refractivity contribution is 0.485. The van der Waals surface area contributed by atoms with Crippen LogP contribution in [0.2, 0.25) is 0 Å². The molecule has 2 heteroatoms. The molecule has 15 heavy (non-hydrogen) atoms. The maximum Gasteiger partial charge on any atom is 0.127 e. The Kier molecular flexibility index (Phi) is 3.06. The molecule has 0 amide bonds. The van der Waals surface area contributed by atoms with Gasteiger partial charge in [0, 0.05) is 18.2 Å². The Morgan fingerprint density at radius 2 is 2.20 bits per heavy atom. The van der Waals surface area contributed by atoms with Gasteiger partial charge in [-0.25, -0.2) is 4.39 Å². The third kappa shape index (κ3) is 2.78. The van der Waals surface area contributed by atoms with Crippen molar-refractivity contribution in [1.82, 2.24) is 5.32 Å². The van der Waals surface area contributed by atoms with Crippen LogP contribution in [0.25, 0.3) is 0 Å². The van der Waals surface area contributed by atoms with E-state index in [0.717, 1.165) is 17.0 Å². The zero-order chi connectivity index (χ0) is 10.8. The Labute approximate surface area is 90.7 Å². The van der Waals surface area contributed by atoms with E-state index in [4.69, 9.17) is 0 Å². The second-order valence-corrected chi connectivity index (χ2v) is 4.60. The van der Waals surface area contributed by atoms with Crippen LogP contribution in [0.3, 0.4) is 0 Å². The second kappa shape index (κ2) is 4.31. The molecule has 0 heterocycles. The highest BCUT2D eigenvalue weighted by Gasteiger charge is 2.27. The fourth-order valence-corrected chi connectivity index (χ4v) is 1.87. The Hall–Kier alpha value is -0.890. The van der Waals surface area contributed by atoms with E-state index in [1.54, 1.807) is 6.07 Å². The van der Waals surface area contributed by atoms with Crippen molar-refractivity contribution in [2.24, 2.45) is 5.92 Å². The highest BCUT2D eigenvalue weighted by molar-refractivity contribution is 5.23. The summed E-state index contributed by atoms with van der Waals surface area (Å²) in [6.45, 7) is 4.82. The minimum atomic E-state index is -0.101. The van der Waals surface area contributed by atoms with Gasteiger partial charge in [-0.2, -0.15) is 0 Å². The van der Waals surface area contributed by atoms with Crippen LogP contribution in [0.5, 0.6) is 0 Å². The van der Waals surface area contributed by atoms with E-state index in [-0.39, 0.29) is 5.82 Å². The van der Waals surface area contributed by atoms with Gasteiger partial charge < -0.3 is 5.32 Å². The van der Waals surface area contributed by atoms with E-state index in [1.807, 2.05) is 19.1 Å². The van der Waals surface area contributed by atoms with Gasteiger partial charge in [-0.3, -0.25) is 0 Å². The molecular formula is C13H18FN. The maximum absolute atomic E-state index is 13.4. The fourth-order valence-electron chi connectivity index (χ4n) is 1.87. The van der Waals surface area contributed by atoms with Crippen molar-refractivity contribution in [2.75, 3.05) is 0 Å². The Bertz CT molecular complexity index is 344. The summed E-state index contributed by atoms with van der Waals surface area (Å²) in [7, 11) is 0. The lowest BCUT2D eigenvalue weighted by Gasteiger charge is -2.13. The van der Waals surface area contributed by atoms with Gasteiger partial charge in [-0.1, -0.05) is 17.7 Å². The molecule has 82 valence electrons. The third-order valence-electron chi connectivity index (χ3n) is 3.14. The summed E-state index contributed by atoms with van der Waals surface area (Å²) in [6, 6.07) is 5.80. The number of halogens is 1. The van der Waals surface area contributed by atoms with Gasteiger partial charge in [0.05, 0.1) is 0 Å². The first kappa shape index (κ1) is 10.6. The van der Waals surface area contributed by atoms with Crippen LogP contribution in [0.4, 0.5) is 4.39 Å². The van der Waals surface area contributed by atoms with Crippen molar-refractivity contribution in [2.45, 2.75) is 39.3 Å². The molecule has 1 saturated carbocycles. The van der Waals surface area contributed by atoms with E-state index in [1.165, 1.54) is 12.8 Å². The lowest BCUT2D eigenvalue weighted by atomic mass is 10.1. The topological polar surface area (TPSA) is 12.0 Å². The molecular weight excluding hydrogens is 189 g/mol. The van der Waals surface area contributed by atoms with Crippen LogP contribution in [0.1, 0.15) is 30.9 Å². The molecule has 0 saturated heterocycles. The van der Waals surface area contributed by atoms with E-state index < -0.39 is 0 Å². The number of nitrogens with one attached hydrogen (secondary N) is 1. The molecule has 0 aliphatic heterocycles. The largest absolute Gasteiger partial charge is 0.310 e. The molecule has 0 bridgehead atoms. The molecule has 0 spiro atoms. The molecule has 2 rings (SSSR count). The van der Waals surface area contributed by atoms with Crippen LogP contribution in [0, 0.1) is 18.7 Å². The maximum atomic E-state index is 13.4. The van der Waals surface area contributed by atoms with Gasteiger partial charge in [-0.15, -0.1) is 0 Å². The minimum Gasteiger partial charge on any atom is -0.310 e. The highest BCUT2D eigenvalue weighted by Crippen LogP contribution is 2.32. The predicted octanol–water partition coefficient (Wildman–Crippen LogP) is 3.02. The van der Waals surface area contributed by atoms with Crippen LogP contribution >= 0.6 is 0 Å². The first-order valence-corrected chi connectivity index (χ1v) is 5.65. The molecule has 1 aliphatic carbocycles. The molecule has 1 aliphatic rings. The van der Waals surface area contributed by atoms with Gasteiger partial charge >= 0.3 is 0 Å². The molecule has 1 atom stereocenters. The number of aryl methyl sites for hydroxylation is 1. The quantitative estimate of drug-likeness (QED) is 0.800. The van der Waals surface area contributed by atoms with E-state index in [0.29, 0.717) is 12.6 Å². The summed E-state index contributed by atoms with van der Waals surface area (Å²) in [5.41, 5.74) is 1.90. The molecule has 1 N–H and O–H groups in total. The number of hydrogen-bond acceptors (Lipinski definition) is 1. The lowest BCUT2D eigenvalue weighted by Crippen LogP contribution is -2.27. The van der Waals surface area contributed by atoms with Crippen molar-refractivity contribution in [3.05, 3.63) is 35.1 Å². The van der Waals surface area contributed by atoms with Crippen molar-refractivity contribution >= 4 is 0 Å². The van der Waals surface area contributed by atoms with E-state index >= 15 is 0 Å². The zero-order valence-corrected chi connectivity index (χ0v) is 9.39. The molecule has 1 unspecified atom stereocenters. The SMILES string of the molecule is Cc1ccc(F)c(CNC(C)C2CC2)c1. The molecule has 0 radical (unpaired) electrons. The van der Waals surface area contributed by atoms with E-state index in [2.05, 4.69) is 12.2 Å². The number of benzene rings is 1. The monoisotopic (exact) mass is 207 g/mol. The standard InChI is InChI=1S/C13H18FN/c1-9-3-6-13(14)12(7-9)8-15-10(2)11-4-5-11/h3,6-7,10-11,15H,4-5,8H2,1-2H3. The summed E-state index contributed by atoms with van der Waals surface area (Å²) in [4.78, 5) is 0. The zero-order valence-electron chi connectivity index (χ0n) is 9.39. The summed E-state index contributed by atoms with van der Waals surface area (Å²) >= 11 is 0. The van der Waals surface area contributed by atoms with Gasteiger partial charge in [0.15, 0.2) is 0 Å². The molecule has 0 aromatic heterocycles.